The Bertz CT molecular complexity index is 1800. The molecule has 10 nitrogen and oxygen atoms in total. The van der Waals surface area contributed by atoms with Crippen molar-refractivity contribution in [3.8, 4) is 16.8 Å². The normalized spacial score (nSPS) is 12.4. The van der Waals surface area contributed by atoms with Crippen molar-refractivity contribution < 1.29 is 25.9 Å². The Labute approximate surface area is 193 Å². The van der Waals surface area contributed by atoms with Crippen molar-refractivity contribution in [2.45, 2.75) is 9.79 Å². The lowest BCUT2D eigenvalue weighted by Gasteiger charge is -2.07. The van der Waals surface area contributed by atoms with Crippen LogP contribution in [0.15, 0.2) is 82.6 Å². The van der Waals surface area contributed by atoms with Crippen molar-refractivity contribution in [1.82, 2.24) is 15.0 Å². The summed E-state index contributed by atoms with van der Waals surface area (Å²) >= 11 is 0. The minimum atomic E-state index is -4.80. The molecule has 0 aliphatic carbocycles. The summed E-state index contributed by atoms with van der Waals surface area (Å²) in [4.78, 5) is -0.0335. The van der Waals surface area contributed by atoms with Crippen molar-refractivity contribution in [1.29, 1.82) is 0 Å². The predicted octanol–water partition coefficient (Wildman–Crippen LogP) is 3.32. The van der Waals surface area contributed by atoms with E-state index in [1.165, 1.54) is 16.9 Å². The van der Waals surface area contributed by atoms with Crippen molar-refractivity contribution in [3.63, 3.8) is 0 Å². The average Bonchev–Trinajstić information content (AvgIpc) is 3.23. The molecular formula is C22H16N4O6S2. The van der Waals surface area contributed by atoms with E-state index in [1.807, 2.05) is 24.3 Å². The molecule has 12 heteroatoms. The molecule has 0 fully saturated rings. The molecule has 172 valence electrons. The van der Waals surface area contributed by atoms with Gasteiger partial charge in [-0.3, -0.25) is 9.11 Å². The van der Waals surface area contributed by atoms with Gasteiger partial charge in [-0.25, -0.2) is 0 Å². The van der Waals surface area contributed by atoms with Crippen LogP contribution in [0.3, 0.4) is 0 Å². The number of hydrogen-bond acceptors (Lipinski definition) is 7. The highest BCUT2D eigenvalue weighted by molar-refractivity contribution is 7.86. The van der Waals surface area contributed by atoms with Crippen LogP contribution >= 0.6 is 0 Å². The van der Waals surface area contributed by atoms with Crippen LogP contribution in [0.5, 0.6) is 0 Å². The smallest absolute Gasteiger partial charge is 0.295 e. The molecule has 0 saturated carbocycles. The molecule has 0 amide bonds. The quantitative estimate of drug-likeness (QED) is 0.250. The summed E-state index contributed by atoms with van der Waals surface area (Å²) in [6, 6.07) is 19.4. The zero-order valence-electron chi connectivity index (χ0n) is 17.2. The Balaban J connectivity index is 1.67. The molecule has 0 atom stereocenters. The minimum Gasteiger partial charge on any atom is -0.399 e. The number of fused-ring (bicyclic) bond motifs is 3. The van der Waals surface area contributed by atoms with Crippen molar-refractivity contribution in [3.05, 3.63) is 72.8 Å². The van der Waals surface area contributed by atoms with E-state index >= 15 is 0 Å². The van der Waals surface area contributed by atoms with Gasteiger partial charge in [-0.1, -0.05) is 30.3 Å². The van der Waals surface area contributed by atoms with Crippen LogP contribution in [0.25, 0.3) is 38.6 Å². The molecule has 0 saturated heterocycles. The zero-order chi connectivity index (χ0) is 24.3. The van der Waals surface area contributed by atoms with E-state index < -0.39 is 30.0 Å². The summed E-state index contributed by atoms with van der Waals surface area (Å²) in [6.07, 6.45) is 0. The Morgan fingerprint density at radius 2 is 1.32 bits per heavy atom. The van der Waals surface area contributed by atoms with Crippen LogP contribution in [-0.4, -0.2) is 40.9 Å². The van der Waals surface area contributed by atoms with E-state index in [0.29, 0.717) is 23.0 Å². The molecule has 5 rings (SSSR count). The highest BCUT2D eigenvalue weighted by Crippen LogP contribution is 2.32. The molecule has 0 aliphatic rings. The van der Waals surface area contributed by atoms with Gasteiger partial charge in [0, 0.05) is 16.5 Å². The van der Waals surface area contributed by atoms with E-state index in [2.05, 4.69) is 10.2 Å². The largest absolute Gasteiger partial charge is 0.399 e. The van der Waals surface area contributed by atoms with Crippen LogP contribution in [-0.2, 0) is 20.2 Å². The van der Waals surface area contributed by atoms with Gasteiger partial charge in [0.2, 0.25) is 0 Å². The third-order valence-corrected chi connectivity index (χ3v) is 7.06. The van der Waals surface area contributed by atoms with Crippen LogP contribution in [0, 0.1) is 0 Å². The van der Waals surface area contributed by atoms with Crippen LogP contribution in [0.1, 0.15) is 0 Å². The summed E-state index contributed by atoms with van der Waals surface area (Å²) < 4.78 is 66.3. The van der Waals surface area contributed by atoms with E-state index in [4.69, 9.17) is 5.73 Å². The molecule has 4 N–H and O–H groups in total. The first-order valence-electron chi connectivity index (χ1n) is 9.76. The fourth-order valence-corrected chi connectivity index (χ4v) is 5.03. The van der Waals surface area contributed by atoms with Crippen molar-refractivity contribution >= 4 is 47.7 Å². The second-order valence-electron chi connectivity index (χ2n) is 7.56. The number of benzene rings is 4. The van der Waals surface area contributed by atoms with E-state index in [9.17, 15) is 25.9 Å². The lowest BCUT2D eigenvalue weighted by Crippen LogP contribution is -2.04. The molecule has 4 aromatic carbocycles. The third-order valence-electron chi connectivity index (χ3n) is 5.34. The first kappa shape index (κ1) is 22.0. The maximum atomic E-state index is 11.9. The van der Waals surface area contributed by atoms with Crippen LogP contribution in [0.4, 0.5) is 5.69 Å². The number of nitrogens with zero attached hydrogens (tertiary/aromatic N) is 3. The van der Waals surface area contributed by atoms with Gasteiger partial charge in [0.25, 0.3) is 20.2 Å². The van der Waals surface area contributed by atoms with Crippen LogP contribution < -0.4 is 5.73 Å². The van der Waals surface area contributed by atoms with Gasteiger partial charge in [0.1, 0.15) is 15.9 Å². The first-order valence-corrected chi connectivity index (χ1v) is 12.6. The van der Waals surface area contributed by atoms with E-state index in [-0.39, 0.29) is 16.3 Å². The summed E-state index contributed by atoms with van der Waals surface area (Å²) in [6.45, 7) is 0. The van der Waals surface area contributed by atoms with Gasteiger partial charge in [0.15, 0.2) is 0 Å². The predicted molar refractivity (Wildman–Crippen MR) is 126 cm³/mol. The summed E-state index contributed by atoms with van der Waals surface area (Å²) in [5.74, 6) is 0. The monoisotopic (exact) mass is 496 g/mol. The fraction of sp³-hybridized carbons (Fsp3) is 0. The summed E-state index contributed by atoms with van der Waals surface area (Å²) in [5.41, 5.74) is 9.46. The van der Waals surface area contributed by atoms with Gasteiger partial charge < -0.3 is 5.73 Å². The van der Waals surface area contributed by atoms with Gasteiger partial charge in [-0.15, -0.1) is 10.2 Å². The Kier molecular flexibility index (Phi) is 4.91. The number of nitrogen functional groups attached to an aromatic ring is 1. The molecular weight excluding hydrogens is 480 g/mol. The van der Waals surface area contributed by atoms with Crippen molar-refractivity contribution in [2.75, 3.05) is 5.73 Å². The highest BCUT2D eigenvalue weighted by atomic mass is 32.2. The van der Waals surface area contributed by atoms with Crippen molar-refractivity contribution in [2.24, 2.45) is 0 Å². The third kappa shape index (κ3) is 3.88. The molecule has 0 bridgehead atoms. The molecule has 0 aliphatic heterocycles. The standard InChI is InChI=1S/C22H16N4O6S2/c23-15-5-1-13(2-6-15)14-3-7-16(8-4-14)26-24-20-10-9-18-19(22(20)25-26)11-17(33(27,28)29)12-21(18)34(30,31)32/h1-12H,23H2,(H,27,28,29)(H,30,31,32). The Morgan fingerprint density at radius 3 is 1.91 bits per heavy atom. The Morgan fingerprint density at radius 1 is 0.706 bits per heavy atom. The second kappa shape index (κ2) is 7.60. The molecule has 0 radical (unpaired) electrons. The second-order valence-corrected chi connectivity index (χ2v) is 10.4. The average molecular weight is 497 g/mol. The topological polar surface area (TPSA) is 165 Å². The fourth-order valence-electron chi connectivity index (χ4n) is 3.69. The van der Waals surface area contributed by atoms with Gasteiger partial charge in [0.05, 0.1) is 10.6 Å². The number of hydrogen-bond donors (Lipinski definition) is 3. The van der Waals surface area contributed by atoms with E-state index in [1.54, 1.807) is 24.3 Å². The first-order chi connectivity index (χ1) is 16.0. The molecule has 1 heterocycles. The highest BCUT2D eigenvalue weighted by Gasteiger charge is 2.22. The number of nitrogens with two attached hydrogens (primary N) is 1. The SMILES string of the molecule is Nc1ccc(-c2ccc(-n3nc4ccc5c(S(=O)(=O)O)cc(S(=O)(=O)O)cc5c4n3)cc2)cc1. The maximum Gasteiger partial charge on any atom is 0.295 e. The number of anilines is 1. The molecule has 5 aromatic rings. The lowest BCUT2D eigenvalue weighted by atomic mass is 10.1. The van der Waals surface area contributed by atoms with Gasteiger partial charge in [-0.05, 0) is 53.6 Å². The van der Waals surface area contributed by atoms with Gasteiger partial charge >= 0.3 is 0 Å². The summed E-state index contributed by atoms with van der Waals surface area (Å²) in [7, 11) is -9.56. The Hall–Kier alpha value is -3.84. The zero-order valence-corrected chi connectivity index (χ0v) is 18.8. The summed E-state index contributed by atoms with van der Waals surface area (Å²) in [5, 5.41) is 8.93. The number of rotatable bonds is 4. The molecule has 34 heavy (non-hydrogen) atoms. The minimum absolute atomic E-state index is 0.0353. The lowest BCUT2D eigenvalue weighted by molar-refractivity contribution is 0.482. The van der Waals surface area contributed by atoms with Crippen LogP contribution in [0.2, 0.25) is 0 Å². The molecule has 0 unspecified atom stereocenters. The van der Waals surface area contributed by atoms with E-state index in [0.717, 1.165) is 17.2 Å². The molecule has 1 aromatic heterocycles. The maximum absolute atomic E-state index is 11.9. The molecule has 0 spiro atoms. The van der Waals surface area contributed by atoms with Gasteiger partial charge in [-0.2, -0.15) is 21.6 Å². The number of aromatic nitrogens is 3.